The molecule has 1 fully saturated rings. The smallest absolute Gasteiger partial charge is 0.251 e. The summed E-state index contributed by atoms with van der Waals surface area (Å²) in [4.78, 5) is 24.7. The number of nitrogens with one attached hydrogen (secondary N) is 3. The van der Waals surface area contributed by atoms with E-state index >= 15 is 0 Å². The minimum atomic E-state index is -0.439. The first-order valence-corrected chi connectivity index (χ1v) is 13.9. The third-order valence-corrected chi connectivity index (χ3v) is 8.18. The van der Waals surface area contributed by atoms with Crippen molar-refractivity contribution in [2.75, 3.05) is 32.1 Å². The number of pyridine rings is 1. The van der Waals surface area contributed by atoms with Gasteiger partial charge < -0.3 is 20.3 Å². The number of piperidine rings is 1. The molecule has 2 aromatic heterocycles. The van der Waals surface area contributed by atoms with Crippen molar-refractivity contribution in [2.24, 2.45) is 0 Å². The van der Waals surface area contributed by atoms with Crippen LogP contribution in [-0.2, 0) is 5.54 Å². The quantitative estimate of drug-likeness (QED) is 0.294. The SMILES string of the molecule is CN1CCC(Nc2cccc(C(=O)N[C@H]3CCOc4c(Br)cccc43)c2)(c2nc(-c3ccncc3)n[nH]2)CC1. The number of anilines is 1. The van der Waals surface area contributed by atoms with Gasteiger partial charge in [-0.05, 0) is 72.2 Å². The Kier molecular flexibility index (Phi) is 7.05. The van der Waals surface area contributed by atoms with E-state index in [0.29, 0.717) is 18.0 Å². The summed E-state index contributed by atoms with van der Waals surface area (Å²) in [6.07, 6.45) is 5.89. The number of para-hydroxylation sites is 1. The fourth-order valence-electron chi connectivity index (χ4n) is 5.32. The van der Waals surface area contributed by atoms with Crippen LogP contribution in [0.4, 0.5) is 5.69 Å². The number of carbonyl (C=O) groups excluding carboxylic acids is 1. The number of rotatable bonds is 6. The van der Waals surface area contributed by atoms with E-state index < -0.39 is 5.54 Å². The molecule has 4 heterocycles. The number of likely N-dealkylation sites (tertiary alicyclic amines) is 1. The van der Waals surface area contributed by atoms with Crippen molar-refractivity contribution in [3.05, 3.63) is 88.4 Å². The molecule has 9 nitrogen and oxygen atoms in total. The number of carbonyl (C=O) groups is 1. The van der Waals surface area contributed by atoms with Crippen LogP contribution in [0.2, 0.25) is 0 Å². The lowest BCUT2D eigenvalue weighted by molar-refractivity contribution is 0.0924. The molecule has 0 saturated carbocycles. The van der Waals surface area contributed by atoms with Gasteiger partial charge in [0.25, 0.3) is 5.91 Å². The normalized spacial score (nSPS) is 18.6. The van der Waals surface area contributed by atoms with Gasteiger partial charge in [-0.15, -0.1) is 0 Å². The zero-order chi connectivity index (χ0) is 26.8. The van der Waals surface area contributed by atoms with E-state index in [9.17, 15) is 4.79 Å². The average Bonchev–Trinajstić information content (AvgIpc) is 3.47. The molecule has 2 aromatic carbocycles. The monoisotopic (exact) mass is 587 g/mol. The number of aromatic nitrogens is 4. The zero-order valence-electron chi connectivity index (χ0n) is 21.7. The lowest BCUT2D eigenvalue weighted by Gasteiger charge is -2.40. The Morgan fingerprint density at radius 3 is 2.74 bits per heavy atom. The highest BCUT2D eigenvalue weighted by Crippen LogP contribution is 2.38. The molecule has 2 aliphatic heterocycles. The number of hydrogen-bond donors (Lipinski definition) is 3. The van der Waals surface area contributed by atoms with Crippen LogP contribution < -0.4 is 15.4 Å². The molecule has 0 spiro atoms. The van der Waals surface area contributed by atoms with E-state index in [1.54, 1.807) is 12.4 Å². The van der Waals surface area contributed by atoms with Crippen LogP contribution in [0, 0.1) is 0 Å². The summed E-state index contributed by atoms with van der Waals surface area (Å²) in [5.74, 6) is 2.12. The number of H-pyrrole nitrogens is 1. The highest BCUT2D eigenvalue weighted by molar-refractivity contribution is 9.10. The van der Waals surface area contributed by atoms with E-state index in [2.05, 4.69) is 53.7 Å². The van der Waals surface area contributed by atoms with E-state index in [1.807, 2.05) is 54.6 Å². The Morgan fingerprint density at radius 2 is 1.92 bits per heavy atom. The molecule has 0 aliphatic carbocycles. The van der Waals surface area contributed by atoms with Crippen molar-refractivity contribution < 1.29 is 9.53 Å². The summed E-state index contributed by atoms with van der Waals surface area (Å²) in [6, 6.07) is 17.3. The topological polar surface area (TPSA) is 108 Å². The molecule has 10 heteroatoms. The van der Waals surface area contributed by atoms with Crippen molar-refractivity contribution in [1.29, 1.82) is 0 Å². The number of aromatic amines is 1. The molecule has 1 saturated heterocycles. The second kappa shape index (κ2) is 10.8. The molecule has 0 radical (unpaired) electrons. The molecule has 1 atom stereocenters. The van der Waals surface area contributed by atoms with Crippen LogP contribution in [0.25, 0.3) is 11.4 Å². The van der Waals surface area contributed by atoms with Crippen LogP contribution in [0.1, 0.15) is 47.1 Å². The van der Waals surface area contributed by atoms with Gasteiger partial charge >= 0.3 is 0 Å². The van der Waals surface area contributed by atoms with Crippen molar-refractivity contribution in [2.45, 2.75) is 30.8 Å². The Hall–Kier alpha value is -3.76. The van der Waals surface area contributed by atoms with Gasteiger partial charge in [-0.1, -0.05) is 18.2 Å². The fraction of sp³-hybridized carbons (Fsp3) is 0.310. The number of halogens is 1. The van der Waals surface area contributed by atoms with Gasteiger partial charge in [-0.3, -0.25) is 14.9 Å². The summed E-state index contributed by atoms with van der Waals surface area (Å²) in [5.41, 5.74) is 2.92. The van der Waals surface area contributed by atoms with Crippen molar-refractivity contribution in [3.8, 4) is 17.1 Å². The van der Waals surface area contributed by atoms with Crippen LogP contribution in [0.15, 0.2) is 71.5 Å². The number of fused-ring (bicyclic) bond motifs is 1. The maximum absolute atomic E-state index is 13.4. The zero-order valence-corrected chi connectivity index (χ0v) is 23.2. The first-order chi connectivity index (χ1) is 19.0. The van der Waals surface area contributed by atoms with Gasteiger partial charge in [-0.25, -0.2) is 4.98 Å². The molecule has 2 aliphatic rings. The van der Waals surface area contributed by atoms with Crippen LogP contribution in [0.5, 0.6) is 5.75 Å². The van der Waals surface area contributed by atoms with E-state index in [-0.39, 0.29) is 11.9 Å². The molecule has 39 heavy (non-hydrogen) atoms. The van der Waals surface area contributed by atoms with Crippen LogP contribution in [-0.4, -0.2) is 57.7 Å². The lowest BCUT2D eigenvalue weighted by Crippen LogP contribution is -2.46. The Balaban J connectivity index is 1.24. The highest BCUT2D eigenvalue weighted by atomic mass is 79.9. The van der Waals surface area contributed by atoms with Gasteiger partial charge in [-0.2, -0.15) is 5.10 Å². The molecule has 200 valence electrons. The number of amides is 1. The molecule has 0 bridgehead atoms. The first kappa shape index (κ1) is 25.5. The first-order valence-electron chi connectivity index (χ1n) is 13.1. The molecule has 1 amide bonds. The third-order valence-electron chi connectivity index (χ3n) is 7.56. The predicted octanol–water partition coefficient (Wildman–Crippen LogP) is 4.92. The lowest BCUT2D eigenvalue weighted by atomic mass is 9.86. The molecule has 3 N–H and O–H groups in total. The van der Waals surface area contributed by atoms with Crippen LogP contribution >= 0.6 is 15.9 Å². The molecule has 6 rings (SSSR count). The van der Waals surface area contributed by atoms with E-state index in [0.717, 1.165) is 65.2 Å². The van der Waals surface area contributed by atoms with Crippen molar-refractivity contribution in [1.82, 2.24) is 30.4 Å². The molecular weight excluding hydrogens is 558 g/mol. The summed E-state index contributed by atoms with van der Waals surface area (Å²) in [7, 11) is 2.13. The summed E-state index contributed by atoms with van der Waals surface area (Å²) in [5, 5.41) is 14.7. The maximum atomic E-state index is 13.4. The van der Waals surface area contributed by atoms with Gasteiger partial charge in [0, 0.05) is 54.3 Å². The van der Waals surface area contributed by atoms with Gasteiger partial charge in [0.05, 0.1) is 22.7 Å². The second-order valence-corrected chi connectivity index (χ2v) is 11.0. The fourth-order valence-corrected chi connectivity index (χ4v) is 5.82. The second-order valence-electron chi connectivity index (χ2n) is 10.2. The number of nitrogens with zero attached hydrogens (tertiary/aromatic N) is 4. The van der Waals surface area contributed by atoms with Gasteiger partial charge in [0.2, 0.25) is 0 Å². The maximum Gasteiger partial charge on any atom is 0.251 e. The number of ether oxygens (including phenoxy) is 1. The van der Waals surface area contributed by atoms with Gasteiger partial charge in [0.1, 0.15) is 5.75 Å². The summed E-state index contributed by atoms with van der Waals surface area (Å²) in [6.45, 7) is 2.38. The van der Waals surface area contributed by atoms with E-state index in [4.69, 9.17) is 9.72 Å². The Morgan fingerprint density at radius 1 is 1.13 bits per heavy atom. The minimum Gasteiger partial charge on any atom is -0.492 e. The van der Waals surface area contributed by atoms with Gasteiger partial charge in [0.15, 0.2) is 11.6 Å². The summed E-state index contributed by atoms with van der Waals surface area (Å²) >= 11 is 3.56. The van der Waals surface area contributed by atoms with E-state index in [1.165, 1.54) is 0 Å². The standard InChI is InChI=1S/C29H30BrN7O2/c1-37-15-11-29(12-16-37,28-33-26(35-36-28)19-8-13-31-14-9-19)34-21-5-2-4-20(18-21)27(38)32-24-10-17-39-25-22(24)6-3-7-23(25)30/h2-9,13-14,18,24,34H,10-12,15-17H2,1H3,(H,32,38)(H,33,35,36)/t24-/m0/s1. The third kappa shape index (κ3) is 5.26. The number of hydrogen-bond acceptors (Lipinski definition) is 7. The number of benzene rings is 2. The minimum absolute atomic E-state index is 0.114. The van der Waals surface area contributed by atoms with Crippen LogP contribution in [0.3, 0.4) is 0 Å². The summed E-state index contributed by atoms with van der Waals surface area (Å²) < 4.78 is 6.73. The Bertz CT molecular complexity index is 1470. The average molecular weight is 589 g/mol. The predicted molar refractivity (Wildman–Crippen MR) is 153 cm³/mol. The molecule has 4 aromatic rings. The van der Waals surface area contributed by atoms with Crippen molar-refractivity contribution >= 4 is 27.5 Å². The molecular formula is C29H30BrN7O2. The highest BCUT2D eigenvalue weighted by Gasteiger charge is 2.39. The molecule has 0 unspecified atom stereocenters. The van der Waals surface area contributed by atoms with Crippen molar-refractivity contribution in [3.63, 3.8) is 0 Å². The Labute approximate surface area is 235 Å². The largest absolute Gasteiger partial charge is 0.492 e.